The molecule has 1 aliphatic heterocycles. The van der Waals surface area contributed by atoms with Crippen molar-refractivity contribution in [1.82, 2.24) is 24.8 Å². The van der Waals surface area contributed by atoms with Crippen LogP contribution in [0.4, 0.5) is 17.5 Å². The normalized spacial score (nSPS) is 14.2. The maximum Gasteiger partial charge on any atom is 0.258 e. The Bertz CT molecular complexity index is 1330. The van der Waals surface area contributed by atoms with Crippen LogP contribution in [-0.2, 0) is 0 Å². The van der Waals surface area contributed by atoms with Gasteiger partial charge in [-0.25, -0.2) is 9.97 Å². The number of anilines is 3. The lowest BCUT2D eigenvalue weighted by Crippen LogP contribution is -2.45. The van der Waals surface area contributed by atoms with E-state index in [-0.39, 0.29) is 0 Å². The summed E-state index contributed by atoms with van der Waals surface area (Å²) >= 11 is 6.23. The number of hydrogen-bond acceptors (Lipinski definition) is 9. The zero-order valence-electron chi connectivity index (χ0n) is 21.2. The molecular formula is C28H30ClN7O2. The Morgan fingerprint density at radius 3 is 2.61 bits per heavy atom. The number of rotatable bonds is 10. The number of nitrogens with one attached hydrogen (secondary N) is 2. The topological polar surface area (TPSA) is 87.7 Å². The standard InChI is InChI=1S/C28H30ClN7O2/c1-35-12-14-36(15-13-35)16-17-37-26-19-24(10-11-30-26)38-34-28-31-20-25(21-6-5-7-22(29)18-21)27(33-28)32-23-8-3-2-4-9-23/h2-11,18-20H,12-17H2,1H3,(H2,31,32,33,34). The third-order valence-corrected chi connectivity index (χ3v) is 6.42. The minimum atomic E-state index is 0.295. The lowest BCUT2D eigenvalue weighted by molar-refractivity contribution is 0.132. The zero-order valence-corrected chi connectivity index (χ0v) is 21.9. The number of halogens is 1. The molecule has 0 unspecified atom stereocenters. The van der Waals surface area contributed by atoms with Gasteiger partial charge in [-0.3, -0.25) is 4.90 Å². The van der Waals surface area contributed by atoms with Crippen LogP contribution in [0.15, 0.2) is 79.1 Å². The van der Waals surface area contributed by atoms with Crippen molar-refractivity contribution in [1.29, 1.82) is 0 Å². The summed E-state index contributed by atoms with van der Waals surface area (Å²) in [5.41, 5.74) is 5.44. The van der Waals surface area contributed by atoms with E-state index in [0.717, 1.165) is 49.5 Å². The van der Waals surface area contributed by atoms with Gasteiger partial charge in [-0.1, -0.05) is 41.9 Å². The lowest BCUT2D eigenvalue weighted by Gasteiger charge is -2.32. The average Bonchev–Trinajstić information content (AvgIpc) is 2.94. The van der Waals surface area contributed by atoms with Crippen LogP contribution in [0.1, 0.15) is 0 Å². The van der Waals surface area contributed by atoms with E-state index < -0.39 is 0 Å². The zero-order chi connectivity index (χ0) is 26.2. The van der Waals surface area contributed by atoms with Crippen molar-refractivity contribution < 1.29 is 9.57 Å². The molecular weight excluding hydrogens is 502 g/mol. The van der Waals surface area contributed by atoms with Gasteiger partial charge in [-0.05, 0) is 36.9 Å². The molecule has 0 bridgehead atoms. The first-order valence-electron chi connectivity index (χ1n) is 12.5. The van der Waals surface area contributed by atoms with E-state index >= 15 is 0 Å². The molecule has 0 aliphatic carbocycles. The maximum atomic E-state index is 6.23. The monoisotopic (exact) mass is 531 g/mol. The lowest BCUT2D eigenvalue weighted by atomic mass is 10.1. The molecule has 4 aromatic rings. The van der Waals surface area contributed by atoms with E-state index in [0.29, 0.717) is 35.0 Å². The molecule has 2 N–H and O–H groups in total. The molecule has 2 aromatic carbocycles. The van der Waals surface area contributed by atoms with E-state index in [2.05, 4.69) is 42.6 Å². The van der Waals surface area contributed by atoms with Gasteiger partial charge in [0.15, 0.2) is 5.75 Å². The first-order chi connectivity index (χ1) is 18.6. The van der Waals surface area contributed by atoms with Gasteiger partial charge in [0.2, 0.25) is 5.88 Å². The Kier molecular flexibility index (Phi) is 8.49. The Labute approximate surface area is 227 Å². The molecule has 3 heterocycles. The first-order valence-corrected chi connectivity index (χ1v) is 12.9. The van der Waals surface area contributed by atoms with E-state index in [1.165, 1.54) is 0 Å². The molecule has 196 valence electrons. The quantitative estimate of drug-likeness (QED) is 0.275. The number of benzene rings is 2. The highest BCUT2D eigenvalue weighted by Gasteiger charge is 2.14. The summed E-state index contributed by atoms with van der Waals surface area (Å²) in [6.07, 6.45) is 3.38. The number of pyridine rings is 1. The van der Waals surface area contributed by atoms with Crippen LogP contribution in [0.25, 0.3) is 11.1 Å². The van der Waals surface area contributed by atoms with Crippen LogP contribution < -0.4 is 20.4 Å². The Morgan fingerprint density at radius 2 is 1.79 bits per heavy atom. The molecule has 0 atom stereocenters. The van der Waals surface area contributed by atoms with Crippen LogP contribution in [0.3, 0.4) is 0 Å². The highest BCUT2D eigenvalue weighted by molar-refractivity contribution is 6.30. The maximum absolute atomic E-state index is 6.23. The summed E-state index contributed by atoms with van der Waals surface area (Å²) in [4.78, 5) is 23.9. The van der Waals surface area contributed by atoms with Crippen molar-refractivity contribution in [2.75, 3.05) is 57.2 Å². The summed E-state index contributed by atoms with van der Waals surface area (Å²) in [6.45, 7) is 5.70. The fourth-order valence-corrected chi connectivity index (χ4v) is 4.23. The van der Waals surface area contributed by atoms with E-state index in [1.807, 2.05) is 54.6 Å². The van der Waals surface area contributed by atoms with Gasteiger partial charge in [0, 0.05) is 73.5 Å². The molecule has 10 heteroatoms. The molecule has 0 amide bonds. The van der Waals surface area contributed by atoms with Crippen LogP contribution in [0.5, 0.6) is 11.6 Å². The molecule has 9 nitrogen and oxygen atoms in total. The molecule has 1 saturated heterocycles. The largest absolute Gasteiger partial charge is 0.476 e. The number of likely N-dealkylation sites (N-methyl/N-ethyl adjacent to an activating group) is 1. The highest BCUT2D eigenvalue weighted by atomic mass is 35.5. The molecule has 0 radical (unpaired) electrons. The van der Waals surface area contributed by atoms with E-state index in [4.69, 9.17) is 21.2 Å². The number of ether oxygens (including phenoxy) is 1. The fourth-order valence-electron chi connectivity index (χ4n) is 4.04. The average molecular weight is 532 g/mol. The van der Waals surface area contributed by atoms with Crippen LogP contribution >= 0.6 is 11.6 Å². The summed E-state index contributed by atoms with van der Waals surface area (Å²) in [5, 5.41) is 4.00. The van der Waals surface area contributed by atoms with Gasteiger partial charge in [0.25, 0.3) is 5.95 Å². The van der Waals surface area contributed by atoms with E-state index in [1.54, 1.807) is 24.5 Å². The third kappa shape index (κ3) is 7.10. The van der Waals surface area contributed by atoms with Gasteiger partial charge < -0.3 is 19.8 Å². The Balaban J connectivity index is 1.24. The molecule has 2 aromatic heterocycles. The van der Waals surface area contributed by atoms with Crippen LogP contribution in [0, 0.1) is 0 Å². The van der Waals surface area contributed by atoms with Crippen molar-refractivity contribution in [3.05, 3.63) is 84.1 Å². The second-order valence-corrected chi connectivity index (χ2v) is 9.42. The van der Waals surface area contributed by atoms with Gasteiger partial charge in [-0.2, -0.15) is 10.5 Å². The van der Waals surface area contributed by atoms with Gasteiger partial charge >= 0.3 is 0 Å². The highest BCUT2D eigenvalue weighted by Crippen LogP contribution is 2.30. The molecule has 0 spiro atoms. The van der Waals surface area contributed by atoms with Gasteiger partial charge in [0.1, 0.15) is 12.4 Å². The van der Waals surface area contributed by atoms with Crippen LogP contribution in [-0.4, -0.2) is 71.1 Å². The Morgan fingerprint density at radius 1 is 0.947 bits per heavy atom. The predicted octanol–water partition coefficient (Wildman–Crippen LogP) is 4.97. The van der Waals surface area contributed by atoms with Crippen molar-refractivity contribution in [3.8, 4) is 22.8 Å². The summed E-state index contributed by atoms with van der Waals surface area (Å²) in [7, 11) is 2.15. The summed E-state index contributed by atoms with van der Waals surface area (Å²) < 4.78 is 5.86. The van der Waals surface area contributed by atoms with Crippen molar-refractivity contribution in [2.24, 2.45) is 0 Å². The molecule has 5 rings (SSSR count). The first kappa shape index (κ1) is 25.7. The van der Waals surface area contributed by atoms with Crippen LogP contribution in [0.2, 0.25) is 5.02 Å². The molecule has 1 aliphatic rings. The van der Waals surface area contributed by atoms with Crippen molar-refractivity contribution >= 4 is 29.1 Å². The summed E-state index contributed by atoms with van der Waals surface area (Å²) in [5.74, 6) is 1.95. The number of para-hydroxylation sites is 1. The minimum Gasteiger partial charge on any atom is -0.476 e. The minimum absolute atomic E-state index is 0.295. The Hall–Kier alpha value is -3.92. The fraction of sp³-hybridized carbons (Fsp3) is 0.250. The number of piperazine rings is 1. The molecule has 38 heavy (non-hydrogen) atoms. The van der Waals surface area contributed by atoms with Crippen molar-refractivity contribution in [2.45, 2.75) is 0 Å². The molecule has 0 saturated carbocycles. The predicted molar refractivity (Wildman–Crippen MR) is 150 cm³/mol. The number of hydrogen-bond donors (Lipinski definition) is 2. The van der Waals surface area contributed by atoms with Crippen molar-refractivity contribution in [3.63, 3.8) is 0 Å². The number of aromatic nitrogens is 3. The van der Waals surface area contributed by atoms with E-state index in [9.17, 15) is 0 Å². The summed E-state index contributed by atoms with van der Waals surface area (Å²) in [6, 6.07) is 20.9. The van der Waals surface area contributed by atoms with Gasteiger partial charge in [0.05, 0.1) is 0 Å². The third-order valence-electron chi connectivity index (χ3n) is 6.18. The molecule has 1 fully saturated rings. The SMILES string of the molecule is CN1CCN(CCOc2cc(ONc3ncc(-c4cccc(Cl)c4)c(Nc4ccccc4)n3)ccn2)CC1. The second kappa shape index (κ2) is 12.6. The number of nitrogens with zero attached hydrogens (tertiary/aromatic N) is 5. The van der Waals surface area contributed by atoms with Gasteiger partial charge in [-0.15, -0.1) is 0 Å². The smallest absolute Gasteiger partial charge is 0.258 e. The second-order valence-electron chi connectivity index (χ2n) is 8.98.